The number of hydrogen-bond donors (Lipinski definition) is 2. The fourth-order valence-corrected chi connectivity index (χ4v) is 1.30. The Balaban J connectivity index is 2.60. The number of aliphatic hydroxyl groups excluding tert-OH is 1. The van der Waals surface area contributed by atoms with Gasteiger partial charge in [0, 0.05) is 12.1 Å². The van der Waals surface area contributed by atoms with Crippen molar-refractivity contribution in [3.05, 3.63) is 29.8 Å². The molecule has 15 heavy (non-hydrogen) atoms. The van der Waals surface area contributed by atoms with Gasteiger partial charge < -0.3 is 10.4 Å². The highest BCUT2D eigenvalue weighted by atomic mass is 16.3. The summed E-state index contributed by atoms with van der Waals surface area (Å²) in [5, 5.41) is 12.1. The zero-order valence-corrected chi connectivity index (χ0v) is 9.16. The Morgan fingerprint density at radius 3 is 2.47 bits per heavy atom. The van der Waals surface area contributed by atoms with Gasteiger partial charge in [-0.15, -0.1) is 0 Å². The Hall–Kier alpha value is -1.35. The predicted molar refractivity (Wildman–Crippen MR) is 60.6 cm³/mol. The molecule has 1 amide bonds. The molecule has 0 fully saturated rings. The molecule has 2 N–H and O–H groups in total. The standard InChI is InChI=1S/C12H17NO2/c1-3-4-12(15)13-11-7-5-10(6-8-11)9(2)14/h5-9,14H,3-4H2,1-2H3,(H,13,15)/t9-/m0/s1. The van der Waals surface area contributed by atoms with E-state index in [9.17, 15) is 9.90 Å². The summed E-state index contributed by atoms with van der Waals surface area (Å²) >= 11 is 0. The van der Waals surface area contributed by atoms with E-state index < -0.39 is 6.10 Å². The van der Waals surface area contributed by atoms with E-state index in [1.165, 1.54) is 0 Å². The van der Waals surface area contributed by atoms with Crippen LogP contribution in [0.1, 0.15) is 38.4 Å². The van der Waals surface area contributed by atoms with E-state index in [0.717, 1.165) is 17.7 Å². The maximum atomic E-state index is 11.3. The van der Waals surface area contributed by atoms with Crippen molar-refractivity contribution in [1.29, 1.82) is 0 Å². The van der Waals surface area contributed by atoms with Gasteiger partial charge in [0.25, 0.3) is 0 Å². The Labute approximate surface area is 90.1 Å². The number of rotatable bonds is 4. The van der Waals surface area contributed by atoms with Crippen molar-refractivity contribution in [2.24, 2.45) is 0 Å². The third kappa shape index (κ3) is 3.72. The van der Waals surface area contributed by atoms with Gasteiger partial charge in [0.05, 0.1) is 6.10 Å². The van der Waals surface area contributed by atoms with Crippen LogP contribution in [-0.2, 0) is 4.79 Å². The number of benzene rings is 1. The van der Waals surface area contributed by atoms with E-state index in [0.29, 0.717) is 6.42 Å². The Morgan fingerprint density at radius 2 is 2.00 bits per heavy atom. The second kappa shape index (κ2) is 5.51. The molecule has 1 aromatic carbocycles. The molecule has 0 aliphatic heterocycles. The number of anilines is 1. The summed E-state index contributed by atoms with van der Waals surface area (Å²) in [5.74, 6) is 0.0299. The molecule has 0 radical (unpaired) electrons. The van der Waals surface area contributed by atoms with Crippen LogP contribution in [-0.4, -0.2) is 11.0 Å². The maximum absolute atomic E-state index is 11.3. The maximum Gasteiger partial charge on any atom is 0.224 e. The van der Waals surface area contributed by atoms with Crippen molar-refractivity contribution >= 4 is 11.6 Å². The summed E-state index contributed by atoms with van der Waals surface area (Å²) in [6.45, 7) is 3.68. The lowest BCUT2D eigenvalue weighted by molar-refractivity contribution is -0.116. The van der Waals surface area contributed by atoms with Crippen LogP contribution in [0.4, 0.5) is 5.69 Å². The molecule has 0 unspecified atom stereocenters. The number of amides is 1. The van der Waals surface area contributed by atoms with Crippen molar-refractivity contribution in [3.8, 4) is 0 Å². The molecular formula is C12H17NO2. The van der Waals surface area contributed by atoms with Crippen LogP contribution in [0.5, 0.6) is 0 Å². The molecule has 0 saturated carbocycles. The molecule has 0 saturated heterocycles. The number of aliphatic hydroxyl groups is 1. The average Bonchev–Trinajstić information content (AvgIpc) is 2.18. The molecule has 0 bridgehead atoms. The number of hydrogen-bond acceptors (Lipinski definition) is 2. The van der Waals surface area contributed by atoms with Gasteiger partial charge in [0.15, 0.2) is 0 Å². The van der Waals surface area contributed by atoms with Crippen LogP contribution < -0.4 is 5.32 Å². The first-order chi connectivity index (χ1) is 7.13. The van der Waals surface area contributed by atoms with Crippen LogP contribution in [0, 0.1) is 0 Å². The average molecular weight is 207 g/mol. The minimum atomic E-state index is -0.467. The van der Waals surface area contributed by atoms with Crippen LogP contribution in [0.25, 0.3) is 0 Å². The highest BCUT2D eigenvalue weighted by molar-refractivity contribution is 5.90. The first kappa shape index (κ1) is 11.7. The van der Waals surface area contributed by atoms with Gasteiger partial charge in [-0.05, 0) is 31.0 Å². The lowest BCUT2D eigenvalue weighted by atomic mass is 10.1. The summed E-state index contributed by atoms with van der Waals surface area (Å²) in [6, 6.07) is 7.23. The second-order valence-corrected chi connectivity index (χ2v) is 3.60. The molecule has 1 rings (SSSR count). The van der Waals surface area contributed by atoms with Crippen LogP contribution in [0.2, 0.25) is 0 Å². The van der Waals surface area contributed by atoms with Crippen molar-refractivity contribution in [1.82, 2.24) is 0 Å². The van der Waals surface area contributed by atoms with Gasteiger partial charge in [0.2, 0.25) is 5.91 Å². The van der Waals surface area contributed by atoms with Gasteiger partial charge >= 0.3 is 0 Å². The van der Waals surface area contributed by atoms with Crippen molar-refractivity contribution in [3.63, 3.8) is 0 Å². The number of nitrogens with one attached hydrogen (secondary N) is 1. The van der Waals surface area contributed by atoms with Crippen LogP contribution in [0.3, 0.4) is 0 Å². The van der Waals surface area contributed by atoms with Gasteiger partial charge in [-0.3, -0.25) is 4.79 Å². The third-order valence-corrected chi connectivity index (χ3v) is 2.15. The highest BCUT2D eigenvalue weighted by Gasteiger charge is 2.02. The van der Waals surface area contributed by atoms with Gasteiger partial charge in [-0.1, -0.05) is 19.1 Å². The van der Waals surface area contributed by atoms with E-state index >= 15 is 0 Å². The Kier molecular flexibility index (Phi) is 4.31. The predicted octanol–water partition coefficient (Wildman–Crippen LogP) is 2.48. The van der Waals surface area contributed by atoms with Gasteiger partial charge in [-0.25, -0.2) is 0 Å². The zero-order chi connectivity index (χ0) is 11.3. The molecule has 0 heterocycles. The molecule has 1 atom stereocenters. The zero-order valence-electron chi connectivity index (χ0n) is 9.16. The SMILES string of the molecule is CCCC(=O)Nc1ccc([C@H](C)O)cc1. The lowest BCUT2D eigenvalue weighted by Crippen LogP contribution is -2.10. The van der Waals surface area contributed by atoms with Crippen molar-refractivity contribution in [2.45, 2.75) is 32.8 Å². The van der Waals surface area contributed by atoms with Crippen molar-refractivity contribution in [2.75, 3.05) is 5.32 Å². The summed E-state index contributed by atoms with van der Waals surface area (Å²) in [4.78, 5) is 11.3. The Morgan fingerprint density at radius 1 is 1.40 bits per heavy atom. The molecule has 0 aliphatic rings. The smallest absolute Gasteiger partial charge is 0.224 e. The van der Waals surface area contributed by atoms with E-state index in [2.05, 4.69) is 5.32 Å². The number of carbonyl (C=O) groups excluding carboxylic acids is 1. The van der Waals surface area contributed by atoms with E-state index in [1.807, 2.05) is 19.1 Å². The monoisotopic (exact) mass is 207 g/mol. The van der Waals surface area contributed by atoms with Crippen LogP contribution in [0.15, 0.2) is 24.3 Å². The molecule has 1 aromatic rings. The quantitative estimate of drug-likeness (QED) is 0.796. The number of carbonyl (C=O) groups is 1. The summed E-state index contributed by atoms with van der Waals surface area (Å²) < 4.78 is 0. The molecule has 82 valence electrons. The van der Waals surface area contributed by atoms with Gasteiger partial charge in [-0.2, -0.15) is 0 Å². The van der Waals surface area contributed by atoms with E-state index in [1.54, 1.807) is 19.1 Å². The summed E-state index contributed by atoms with van der Waals surface area (Å²) in [5.41, 5.74) is 1.63. The highest BCUT2D eigenvalue weighted by Crippen LogP contribution is 2.15. The molecule has 0 spiro atoms. The fourth-order valence-electron chi connectivity index (χ4n) is 1.30. The third-order valence-electron chi connectivity index (χ3n) is 2.15. The lowest BCUT2D eigenvalue weighted by Gasteiger charge is -2.07. The minimum absolute atomic E-state index is 0.0299. The molecule has 0 aromatic heterocycles. The van der Waals surface area contributed by atoms with Crippen molar-refractivity contribution < 1.29 is 9.90 Å². The van der Waals surface area contributed by atoms with E-state index in [4.69, 9.17) is 0 Å². The molecule has 3 heteroatoms. The normalized spacial score (nSPS) is 12.2. The molecule has 3 nitrogen and oxygen atoms in total. The first-order valence-electron chi connectivity index (χ1n) is 5.21. The largest absolute Gasteiger partial charge is 0.389 e. The topological polar surface area (TPSA) is 49.3 Å². The summed E-state index contributed by atoms with van der Waals surface area (Å²) in [6.07, 6.45) is 0.917. The molecule has 0 aliphatic carbocycles. The Bertz CT molecular complexity index is 317. The van der Waals surface area contributed by atoms with Gasteiger partial charge in [0.1, 0.15) is 0 Å². The van der Waals surface area contributed by atoms with E-state index in [-0.39, 0.29) is 5.91 Å². The summed E-state index contributed by atoms with van der Waals surface area (Å²) in [7, 11) is 0. The molecular weight excluding hydrogens is 190 g/mol. The minimum Gasteiger partial charge on any atom is -0.389 e. The first-order valence-corrected chi connectivity index (χ1v) is 5.21. The second-order valence-electron chi connectivity index (χ2n) is 3.60. The van der Waals surface area contributed by atoms with Crippen LogP contribution >= 0.6 is 0 Å². The fraction of sp³-hybridized carbons (Fsp3) is 0.417.